The average Bonchev–Trinajstić information content (AvgIpc) is 2.68. The number of benzene rings is 1. The Balaban J connectivity index is 1.90. The second kappa shape index (κ2) is 4.73. The number of thiocarbonyl (C=S) groups is 1. The third kappa shape index (κ3) is 2.76. The molecule has 2 rings (SSSR count). The van der Waals surface area contributed by atoms with Crippen molar-refractivity contribution < 1.29 is 0 Å². The molecule has 1 heterocycles. The van der Waals surface area contributed by atoms with Gasteiger partial charge in [0.25, 0.3) is 0 Å². The topological polar surface area (TPSA) is 29.3 Å². The lowest BCUT2D eigenvalue weighted by molar-refractivity contribution is 0.326. The Morgan fingerprint density at radius 3 is 2.73 bits per heavy atom. The van der Waals surface area contributed by atoms with Crippen molar-refractivity contribution in [1.82, 2.24) is 4.90 Å². The van der Waals surface area contributed by atoms with E-state index in [4.69, 9.17) is 18.0 Å². The predicted molar refractivity (Wildman–Crippen MR) is 66.6 cm³/mol. The van der Waals surface area contributed by atoms with Crippen molar-refractivity contribution >= 4 is 17.2 Å². The number of hydrogen-bond acceptors (Lipinski definition) is 2. The van der Waals surface area contributed by atoms with E-state index >= 15 is 0 Å². The highest BCUT2D eigenvalue weighted by Gasteiger charge is 2.23. The summed E-state index contributed by atoms with van der Waals surface area (Å²) < 4.78 is 0. The van der Waals surface area contributed by atoms with Crippen LogP contribution >= 0.6 is 12.2 Å². The molecule has 2 N–H and O–H groups in total. The minimum atomic E-state index is 0.420. The van der Waals surface area contributed by atoms with Gasteiger partial charge in [0.1, 0.15) is 0 Å². The zero-order chi connectivity index (χ0) is 10.7. The van der Waals surface area contributed by atoms with Crippen molar-refractivity contribution in [3.63, 3.8) is 0 Å². The summed E-state index contributed by atoms with van der Waals surface area (Å²) in [5.74, 6) is 0.420. The lowest BCUT2D eigenvalue weighted by atomic mass is 10.1. The Morgan fingerprint density at radius 1 is 1.40 bits per heavy atom. The maximum Gasteiger partial charge on any atom is 0.0772 e. The molecule has 1 aromatic carbocycles. The van der Waals surface area contributed by atoms with Gasteiger partial charge in [0.05, 0.1) is 4.99 Å². The molecule has 1 fully saturated rings. The van der Waals surface area contributed by atoms with Gasteiger partial charge < -0.3 is 5.73 Å². The molecule has 0 amide bonds. The second-order valence-electron chi connectivity index (χ2n) is 4.11. The Morgan fingerprint density at radius 2 is 2.13 bits per heavy atom. The average molecular weight is 220 g/mol. The highest BCUT2D eigenvalue weighted by molar-refractivity contribution is 7.80. The monoisotopic (exact) mass is 220 g/mol. The summed E-state index contributed by atoms with van der Waals surface area (Å²) in [6.07, 6.45) is 1.11. The molecule has 0 aliphatic carbocycles. The minimum Gasteiger partial charge on any atom is -0.393 e. The lowest BCUT2D eigenvalue weighted by Crippen LogP contribution is -2.25. The van der Waals surface area contributed by atoms with E-state index in [-0.39, 0.29) is 0 Å². The number of nitrogens with zero attached hydrogens (tertiary/aromatic N) is 1. The van der Waals surface area contributed by atoms with Crippen LogP contribution in [0.2, 0.25) is 0 Å². The van der Waals surface area contributed by atoms with Gasteiger partial charge in [-0.1, -0.05) is 42.5 Å². The van der Waals surface area contributed by atoms with Crippen molar-refractivity contribution in [2.24, 2.45) is 11.7 Å². The standard InChI is InChI=1S/C12H16N2S/c13-12(15)11-6-7-14(9-11)8-10-4-2-1-3-5-10/h1-5,11H,6-9H2,(H2,13,15). The van der Waals surface area contributed by atoms with E-state index in [9.17, 15) is 0 Å². The number of likely N-dealkylation sites (tertiary alicyclic amines) is 1. The van der Waals surface area contributed by atoms with Crippen LogP contribution in [-0.2, 0) is 6.54 Å². The molecule has 1 unspecified atom stereocenters. The van der Waals surface area contributed by atoms with Crippen LogP contribution in [0, 0.1) is 5.92 Å². The van der Waals surface area contributed by atoms with Crippen molar-refractivity contribution in [2.75, 3.05) is 13.1 Å². The molecule has 1 aromatic rings. The molecule has 15 heavy (non-hydrogen) atoms. The zero-order valence-corrected chi connectivity index (χ0v) is 9.54. The predicted octanol–water partition coefficient (Wildman–Crippen LogP) is 1.79. The van der Waals surface area contributed by atoms with Crippen LogP contribution in [0.1, 0.15) is 12.0 Å². The summed E-state index contributed by atoms with van der Waals surface area (Å²) in [5.41, 5.74) is 7.02. The van der Waals surface area contributed by atoms with Crippen LogP contribution in [0.4, 0.5) is 0 Å². The van der Waals surface area contributed by atoms with E-state index in [2.05, 4.69) is 29.2 Å². The fourth-order valence-corrected chi connectivity index (χ4v) is 2.24. The minimum absolute atomic E-state index is 0.420. The van der Waals surface area contributed by atoms with Crippen molar-refractivity contribution in [3.05, 3.63) is 35.9 Å². The van der Waals surface area contributed by atoms with Crippen LogP contribution in [-0.4, -0.2) is 23.0 Å². The fourth-order valence-electron chi connectivity index (χ4n) is 2.05. The number of nitrogens with two attached hydrogens (primary N) is 1. The van der Waals surface area contributed by atoms with Crippen LogP contribution in [0.25, 0.3) is 0 Å². The normalized spacial score (nSPS) is 21.7. The van der Waals surface area contributed by atoms with E-state index in [1.165, 1.54) is 5.56 Å². The Bertz CT molecular complexity index is 337. The fraction of sp³-hybridized carbons (Fsp3) is 0.417. The largest absolute Gasteiger partial charge is 0.393 e. The smallest absolute Gasteiger partial charge is 0.0772 e. The van der Waals surface area contributed by atoms with Gasteiger partial charge in [-0.15, -0.1) is 0 Å². The van der Waals surface area contributed by atoms with Gasteiger partial charge in [0.2, 0.25) is 0 Å². The Kier molecular flexibility index (Phi) is 3.34. The number of rotatable bonds is 3. The van der Waals surface area contributed by atoms with Crippen molar-refractivity contribution in [1.29, 1.82) is 0 Å². The van der Waals surface area contributed by atoms with Gasteiger partial charge in [-0.2, -0.15) is 0 Å². The van der Waals surface area contributed by atoms with E-state index in [1.54, 1.807) is 0 Å². The molecule has 0 spiro atoms. The molecule has 1 atom stereocenters. The maximum atomic E-state index is 5.66. The van der Waals surface area contributed by atoms with Gasteiger partial charge >= 0.3 is 0 Å². The molecule has 0 radical (unpaired) electrons. The van der Waals surface area contributed by atoms with E-state index in [1.807, 2.05) is 6.07 Å². The molecule has 2 nitrogen and oxygen atoms in total. The summed E-state index contributed by atoms with van der Waals surface area (Å²) in [6, 6.07) is 10.5. The Hall–Kier alpha value is -0.930. The highest BCUT2D eigenvalue weighted by Crippen LogP contribution is 2.18. The zero-order valence-electron chi connectivity index (χ0n) is 8.73. The first-order valence-corrected chi connectivity index (χ1v) is 5.72. The second-order valence-corrected chi connectivity index (χ2v) is 4.58. The van der Waals surface area contributed by atoms with Crippen LogP contribution < -0.4 is 5.73 Å². The summed E-state index contributed by atoms with van der Waals surface area (Å²) in [4.78, 5) is 3.09. The third-order valence-corrected chi connectivity index (χ3v) is 3.26. The van der Waals surface area contributed by atoms with Crippen molar-refractivity contribution in [2.45, 2.75) is 13.0 Å². The molecular formula is C12H16N2S. The van der Waals surface area contributed by atoms with Crippen LogP contribution in [0.3, 0.4) is 0 Å². The van der Waals surface area contributed by atoms with E-state index in [0.29, 0.717) is 10.9 Å². The molecule has 0 aromatic heterocycles. The summed E-state index contributed by atoms with van der Waals surface area (Å²) in [5, 5.41) is 0. The van der Waals surface area contributed by atoms with Gasteiger partial charge in [0, 0.05) is 19.0 Å². The lowest BCUT2D eigenvalue weighted by Gasteiger charge is -2.15. The first-order valence-electron chi connectivity index (χ1n) is 5.31. The van der Waals surface area contributed by atoms with Crippen LogP contribution in [0.5, 0.6) is 0 Å². The first-order chi connectivity index (χ1) is 7.25. The quantitative estimate of drug-likeness (QED) is 0.788. The Labute approximate surface area is 96.1 Å². The molecule has 0 saturated carbocycles. The molecule has 1 aliphatic rings. The molecule has 1 saturated heterocycles. The van der Waals surface area contributed by atoms with Gasteiger partial charge in [0.15, 0.2) is 0 Å². The SMILES string of the molecule is NC(=S)C1CCN(Cc2ccccc2)C1. The third-order valence-electron chi connectivity index (χ3n) is 2.92. The number of hydrogen-bond donors (Lipinski definition) is 1. The van der Waals surface area contributed by atoms with E-state index in [0.717, 1.165) is 26.1 Å². The molecule has 0 bridgehead atoms. The molecule has 80 valence electrons. The van der Waals surface area contributed by atoms with Crippen LogP contribution in [0.15, 0.2) is 30.3 Å². The maximum absolute atomic E-state index is 5.66. The van der Waals surface area contributed by atoms with Gasteiger partial charge in [-0.25, -0.2) is 0 Å². The first kappa shape index (κ1) is 10.6. The highest BCUT2D eigenvalue weighted by atomic mass is 32.1. The van der Waals surface area contributed by atoms with E-state index < -0.39 is 0 Å². The summed E-state index contributed by atoms with van der Waals surface area (Å²) in [6.45, 7) is 3.14. The summed E-state index contributed by atoms with van der Waals surface area (Å²) in [7, 11) is 0. The molecule has 3 heteroatoms. The molecular weight excluding hydrogens is 204 g/mol. The van der Waals surface area contributed by atoms with Gasteiger partial charge in [-0.05, 0) is 18.5 Å². The van der Waals surface area contributed by atoms with Crippen molar-refractivity contribution in [3.8, 4) is 0 Å². The van der Waals surface area contributed by atoms with Gasteiger partial charge in [-0.3, -0.25) is 4.90 Å². The molecule has 1 aliphatic heterocycles. The summed E-state index contributed by atoms with van der Waals surface area (Å²) >= 11 is 5.02.